The number of carboxylic acids is 1. The maximum Gasteiger partial charge on any atom is 0.328 e. The second-order valence-corrected chi connectivity index (χ2v) is 8.36. The number of ether oxygens (including phenoxy) is 4. The number of carbonyl (C=O) groups is 1. The van der Waals surface area contributed by atoms with E-state index >= 15 is 0 Å². The van der Waals surface area contributed by atoms with E-state index in [2.05, 4.69) is 0 Å². The first-order valence-corrected chi connectivity index (χ1v) is 13.1. The molecule has 0 fully saturated rings. The second-order valence-electron chi connectivity index (χ2n) is 8.36. The summed E-state index contributed by atoms with van der Waals surface area (Å²) in [5, 5.41) is 8.65. The van der Waals surface area contributed by atoms with Gasteiger partial charge in [0.1, 0.15) is 5.75 Å². The van der Waals surface area contributed by atoms with Crippen LogP contribution in [-0.2, 0) is 19.0 Å². The summed E-state index contributed by atoms with van der Waals surface area (Å²) in [5.41, 5.74) is 0.851. The minimum atomic E-state index is -0.944. The fourth-order valence-electron chi connectivity index (χ4n) is 3.89. The van der Waals surface area contributed by atoms with Gasteiger partial charge in [-0.25, -0.2) is 4.79 Å². The predicted octanol–water partition coefficient (Wildman–Crippen LogP) is 7.22. The maximum absolute atomic E-state index is 10.5. The zero-order valence-corrected chi connectivity index (χ0v) is 21.6. The number of benzene rings is 1. The normalized spacial score (nSPS) is 11.9. The zero-order chi connectivity index (χ0) is 24.9. The van der Waals surface area contributed by atoms with Crippen molar-refractivity contribution in [2.24, 2.45) is 0 Å². The lowest BCUT2D eigenvalue weighted by atomic mass is 10.1. The highest BCUT2D eigenvalue weighted by Gasteiger charge is 2.31. The molecule has 6 heteroatoms. The van der Waals surface area contributed by atoms with Crippen molar-refractivity contribution in [2.45, 2.75) is 97.4 Å². The fraction of sp³-hybridized carbons (Fsp3) is 0.679. The third kappa shape index (κ3) is 14.4. The Labute approximate surface area is 206 Å². The molecule has 0 atom stereocenters. The van der Waals surface area contributed by atoms with E-state index in [1.165, 1.54) is 51.4 Å². The molecule has 0 aliphatic heterocycles. The molecule has 0 aromatic heterocycles. The molecular formula is C28H46O6. The molecule has 6 nitrogen and oxygen atoms in total. The van der Waals surface area contributed by atoms with Gasteiger partial charge in [-0.1, -0.05) is 63.5 Å². The number of aliphatic carboxylic acids is 1. The summed E-state index contributed by atoms with van der Waals surface area (Å²) in [4.78, 5) is 10.5. The first-order chi connectivity index (χ1) is 16.5. The van der Waals surface area contributed by atoms with Gasteiger partial charge in [-0.05, 0) is 57.4 Å². The highest BCUT2D eigenvalue weighted by molar-refractivity contribution is 5.85. The van der Waals surface area contributed by atoms with Crippen LogP contribution in [0.5, 0.6) is 5.75 Å². The lowest BCUT2D eigenvalue weighted by Crippen LogP contribution is -2.39. The Bertz CT molecular complexity index is 638. The van der Waals surface area contributed by atoms with Crippen molar-refractivity contribution >= 4 is 12.0 Å². The summed E-state index contributed by atoms with van der Waals surface area (Å²) in [6.45, 7) is 8.42. The molecule has 34 heavy (non-hydrogen) atoms. The third-order valence-electron chi connectivity index (χ3n) is 5.54. The molecule has 0 unspecified atom stereocenters. The van der Waals surface area contributed by atoms with E-state index < -0.39 is 11.9 Å². The lowest BCUT2D eigenvalue weighted by Gasteiger charge is -2.32. The van der Waals surface area contributed by atoms with Crippen molar-refractivity contribution in [3.8, 4) is 5.75 Å². The number of hydrogen-bond donors (Lipinski definition) is 1. The van der Waals surface area contributed by atoms with Crippen molar-refractivity contribution < 1.29 is 28.8 Å². The molecule has 1 N–H and O–H groups in total. The molecule has 0 saturated carbocycles. The van der Waals surface area contributed by atoms with E-state index in [4.69, 9.17) is 24.1 Å². The highest BCUT2D eigenvalue weighted by Crippen LogP contribution is 2.24. The summed E-state index contributed by atoms with van der Waals surface area (Å²) < 4.78 is 23.1. The van der Waals surface area contributed by atoms with Gasteiger partial charge in [-0.15, -0.1) is 0 Å². The Morgan fingerprint density at radius 2 is 1.24 bits per heavy atom. The van der Waals surface area contributed by atoms with Crippen LogP contribution in [0.3, 0.4) is 0 Å². The zero-order valence-electron chi connectivity index (χ0n) is 21.6. The molecule has 1 aromatic carbocycles. The predicted molar refractivity (Wildman–Crippen MR) is 137 cm³/mol. The Kier molecular flexibility index (Phi) is 17.2. The van der Waals surface area contributed by atoms with E-state index in [9.17, 15) is 4.79 Å². The van der Waals surface area contributed by atoms with Gasteiger partial charge >= 0.3 is 5.97 Å². The number of rotatable bonds is 22. The average molecular weight is 479 g/mol. The fourth-order valence-corrected chi connectivity index (χ4v) is 3.89. The van der Waals surface area contributed by atoms with Gasteiger partial charge in [-0.3, -0.25) is 0 Å². The quantitative estimate of drug-likeness (QED) is 0.108. The van der Waals surface area contributed by atoms with Gasteiger partial charge in [0.25, 0.3) is 5.97 Å². The van der Waals surface area contributed by atoms with Gasteiger partial charge < -0.3 is 24.1 Å². The van der Waals surface area contributed by atoms with E-state index in [0.717, 1.165) is 43.3 Å². The van der Waals surface area contributed by atoms with E-state index in [1.54, 1.807) is 6.08 Å². The summed E-state index contributed by atoms with van der Waals surface area (Å²) in [5.74, 6) is -0.973. The molecule has 0 aliphatic carbocycles. The smallest absolute Gasteiger partial charge is 0.328 e. The molecule has 0 spiro atoms. The first-order valence-electron chi connectivity index (χ1n) is 13.1. The molecule has 0 radical (unpaired) electrons. The van der Waals surface area contributed by atoms with Crippen molar-refractivity contribution in [2.75, 3.05) is 26.4 Å². The van der Waals surface area contributed by atoms with Crippen LogP contribution < -0.4 is 4.74 Å². The minimum Gasteiger partial charge on any atom is -0.494 e. The summed E-state index contributed by atoms with van der Waals surface area (Å²) in [6, 6.07) is 7.49. The molecule has 0 heterocycles. The van der Waals surface area contributed by atoms with Gasteiger partial charge in [-0.2, -0.15) is 0 Å². The van der Waals surface area contributed by atoms with Crippen LogP contribution in [0.15, 0.2) is 30.3 Å². The second kappa shape index (κ2) is 19.4. The van der Waals surface area contributed by atoms with Crippen LogP contribution in [0.25, 0.3) is 6.08 Å². The largest absolute Gasteiger partial charge is 0.494 e. The van der Waals surface area contributed by atoms with E-state index in [-0.39, 0.29) is 0 Å². The SMILES string of the molecule is CCOC(CCCCCCCCCCCCOc1ccc(C=CC(=O)O)cc1)(OCC)OCC. The molecule has 0 saturated heterocycles. The molecule has 1 rings (SSSR count). The molecule has 0 aliphatic rings. The van der Waals surface area contributed by atoms with Crippen molar-refractivity contribution in [1.82, 2.24) is 0 Å². The third-order valence-corrected chi connectivity index (χ3v) is 5.54. The summed E-state index contributed by atoms with van der Waals surface area (Å²) in [7, 11) is 0. The number of carboxylic acid groups (broad SMARTS) is 1. The number of hydrogen-bond acceptors (Lipinski definition) is 5. The van der Waals surface area contributed by atoms with Crippen LogP contribution in [0.4, 0.5) is 0 Å². The van der Waals surface area contributed by atoms with E-state index in [1.807, 2.05) is 45.0 Å². The minimum absolute atomic E-state index is 0.590. The molecular weight excluding hydrogens is 432 g/mol. The highest BCUT2D eigenvalue weighted by atomic mass is 16.9. The Morgan fingerprint density at radius 1 is 0.765 bits per heavy atom. The Hall–Kier alpha value is -1.89. The van der Waals surface area contributed by atoms with Gasteiger partial charge in [0, 0.05) is 32.3 Å². The van der Waals surface area contributed by atoms with Crippen molar-refractivity contribution in [3.63, 3.8) is 0 Å². The lowest BCUT2D eigenvalue weighted by molar-refractivity contribution is -0.380. The first kappa shape index (κ1) is 30.1. The van der Waals surface area contributed by atoms with Gasteiger partial charge in [0.15, 0.2) is 0 Å². The number of unbranched alkanes of at least 4 members (excludes halogenated alkanes) is 9. The average Bonchev–Trinajstić information content (AvgIpc) is 2.82. The Morgan fingerprint density at radius 3 is 1.71 bits per heavy atom. The monoisotopic (exact) mass is 478 g/mol. The standard InChI is InChI=1S/C28H46O6/c1-4-32-28(33-5-2,34-6-3)23-15-13-11-9-7-8-10-12-14-16-24-31-26-20-17-25(18-21-26)19-22-27(29)30/h17-22H,4-16,23-24H2,1-3H3,(H,29,30). The maximum atomic E-state index is 10.5. The van der Waals surface area contributed by atoms with Crippen LogP contribution in [-0.4, -0.2) is 43.5 Å². The van der Waals surface area contributed by atoms with Crippen LogP contribution in [0.2, 0.25) is 0 Å². The molecule has 1 aromatic rings. The van der Waals surface area contributed by atoms with Crippen LogP contribution in [0, 0.1) is 0 Å². The van der Waals surface area contributed by atoms with Gasteiger partial charge in [0.05, 0.1) is 6.61 Å². The summed E-state index contributed by atoms with van der Waals surface area (Å²) in [6.07, 6.45) is 15.6. The Balaban J connectivity index is 2.00. The molecule has 0 bridgehead atoms. The van der Waals surface area contributed by atoms with Crippen molar-refractivity contribution in [3.05, 3.63) is 35.9 Å². The summed E-state index contributed by atoms with van der Waals surface area (Å²) >= 11 is 0. The van der Waals surface area contributed by atoms with Crippen molar-refractivity contribution in [1.29, 1.82) is 0 Å². The van der Waals surface area contributed by atoms with E-state index in [0.29, 0.717) is 19.8 Å². The van der Waals surface area contributed by atoms with Crippen LogP contribution >= 0.6 is 0 Å². The molecule has 0 amide bonds. The van der Waals surface area contributed by atoms with Gasteiger partial charge in [0.2, 0.25) is 0 Å². The van der Waals surface area contributed by atoms with Crippen LogP contribution in [0.1, 0.15) is 97.0 Å². The topological polar surface area (TPSA) is 74.2 Å². The molecule has 194 valence electrons.